The molecule has 0 spiro atoms. The van der Waals surface area contributed by atoms with Crippen molar-refractivity contribution in [2.24, 2.45) is 0 Å². The lowest BCUT2D eigenvalue weighted by atomic mass is 10.1. The zero-order chi connectivity index (χ0) is 17.1. The molecule has 3 rings (SSSR count). The highest BCUT2D eigenvalue weighted by Gasteiger charge is 2.30. The first kappa shape index (κ1) is 20.3. The Morgan fingerprint density at radius 1 is 1.28 bits per heavy atom. The van der Waals surface area contributed by atoms with Gasteiger partial charge in [-0.15, -0.1) is 12.4 Å². The lowest BCUT2D eigenvalue weighted by molar-refractivity contribution is 0.0827. The Labute approximate surface area is 161 Å². The zero-order valence-corrected chi connectivity index (χ0v) is 16.4. The van der Waals surface area contributed by atoms with Crippen molar-refractivity contribution >= 4 is 29.9 Å². The molecule has 2 heterocycles. The summed E-state index contributed by atoms with van der Waals surface area (Å²) < 4.78 is 6.11. The molecule has 0 bridgehead atoms. The molecule has 2 fully saturated rings. The number of carbonyl (C=O) groups excluding carboxylic acids is 1. The van der Waals surface area contributed by atoms with E-state index in [9.17, 15) is 4.79 Å². The molecule has 1 N–H and O–H groups in total. The summed E-state index contributed by atoms with van der Waals surface area (Å²) >= 11 is 6.26. The van der Waals surface area contributed by atoms with Crippen LogP contribution in [0.4, 0.5) is 0 Å². The zero-order valence-electron chi connectivity index (χ0n) is 14.8. The third kappa shape index (κ3) is 5.00. The molecule has 2 saturated heterocycles. The normalized spacial score (nSPS) is 21.6. The Kier molecular flexibility index (Phi) is 7.37. The molecule has 0 radical (unpaired) electrons. The molecule has 2 aliphatic rings. The van der Waals surface area contributed by atoms with Gasteiger partial charge in [0.2, 0.25) is 0 Å². The van der Waals surface area contributed by atoms with Gasteiger partial charge in [-0.2, -0.15) is 0 Å². The average molecular weight is 388 g/mol. The van der Waals surface area contributed by atoms with Gasteiger partial charge in [-0.3, -0.25) is 9.69 Å². The molecule has 1 atom stereocenters. The fourth-order valence-electron chi connectivity index (χ4n) is 3.53. The molecule has 2 aliphatic heterocycles. The highest BCUT2D eigenvalue weighted by atomic mass is 35.5. The lowest BCUT2D eigenvalue weighted by Crippen LogP contribution is -2.42. The Morgan fingerprint density at radius 3 is 2.64 bits per heavy atom. The first-order chi connectivity index (χ1) is 11.5. The van der Waals surface area contributed by atoms with Crippen LogP contribution in [0.2, 0.25) is 5.02 Å². The topological polar surface area (TPSA) is 44.8 Å². The summed E-state index contributed by atoms with van der Waals surface area (Å²) in [7, 11) is 3.44. The van der Waals surface area contributed by atoms with E-state index in [1.807, 2.05) is 6.07 Å². The molecule has 1 aromatic carbocycles. The van der Waals surface area contributed by atoms with E-state index < -0.39 is 0 Å². The van der Waals surface area contributed by atoms with Crippen LogP contribution in [0, 0.1) is 0 Å². The highest BCUT2D eigenvalue weighted by molar-refractivity contribution is 6.34. The van der Waals surface area contributed by atoms with Gasteiger partial charge in [0, 0.05) is 33.2 Å². The summed E-state index contributed by atoms with van der Waals surface area (Å²) in [4.78, 5) is 16.1. The molecule has 1 aromatic rings. The van der Waals surface area contributed by atoms with Crippen molar-refractivity contribution in [3.8, 4) is 5.75 Å². The summed E-state index contributed by atoms with van der Waals surface area (Å²) in [6, 6.07) is 6.03. The number of halogens is 2. The number of nitrogens with one attached hydrogen (secondary N) is 1. The van der Waals surface area contributed by atoms with Crippen molar-refractivity contribution in [1.29, 1.82) is 0 Å². The lowest BCUT2D eigenvalue weighted by Gasteiger charge is -2.31. The number of benzene rings is 1. The molecule has 25 heavy (non-hydrogen) atoms. The summed E-state index contributed by atoms with van der Waals surface area (Å²) in [6.07, 6.45) is 3.69. The van der Waals surface area contributed by atoms with Crippen LogP contribution in [0.3, 0.4) is 0 Å². The van der Waals surface area contributed by atoms with Crippen LogP contribution in [0.25, 0.3) is 0 Å². The van der Waals surface area contributed by atoms with E-state index in [0.29, 0.717) is 16.6 Å². The molecule has 7 heteroatoms. The molecule has 5 nitrogen and oxygen atoms in total. The van der Waals surface area contributed by atoms with Crippen LogP contribution in [0.1, 0.15) is 29.6 Å². The van der Waals surface area contributed by atoms with E-state index in [1.54, 1.807) is 26.2 Å². The van der Waals surface area contributed by atoms with E-state index >= 15 is 0 Å². The predicted octanol–water partition coefficient (Wildman–Crippen LogP) is 2.67. The van der Waals surface area contributed by atoms with Crippen molar-refractivity contribution in [2.45, 2.75) is 31.4 Å². The summed E-state index contributed by atoms with van der Waals surface area (Å²) in [5.41, 5.74) is 0.511. The minimum Gasteiger partial charge on any atom is -0.489 e. The van der Waals surface area contributed by atoms with Gasteiger partial charge in [0.15, 0.2) is 0 Å². The largest absolute Gasteiger partial charge is 0.489 e. The molecule has 0 saturated carbocycles. The Morgan fingerprint density at radius 2 is 2.00 bits per heavy atom. The smallest absolute Gasteiger partial charge is 0.254 e. The van der Waals surface area contributed by atoms with Gasteiger partial charge >= 0.3 is 0 Å². The molecule has 1 amide bonds. The fourth-order valence-corrected chi connectivity index (χ4v) is 3.78. The van der Waals surface area contributed by atoms with Gasteiger partial charge in [-0.25, -0.2) is 0 Å². The predicted molar refractivity (Wildman–Crippen MR) is 103 cm³/mol. The molecular formula is C18H27Cl2N3O2. The Hall–Kier alpha value is -1.01. The highest BCUT2D eigenvalue weighted by Crippen LogP contribution is 2.27. The van der Waals surface area contributed by atoms with Crippen LogP contribution in [0.5, 0.6) is 5.75 Å². The van der Waals surface area contributed by atoms with Crippen molar-refractivity contribution in [3.63, 3.8) is 0 Å². The fraction of sp³-hybridized carbons (Fsp3) is 0.611. The number of ether oxygens (including phenoxy) is 1. The van der Waals surface area contributed by atoms with Crippen LogP contribution < -0.4 is 10.1 Å². The first-order valence-electron chi connectivity index (χ1n) is 8.67. The third-order valence-electron chi connectivity index (χ3n) is 4.88. The van der Waals surface area contributed by atoms with E-state index in [0.717, 1.165) is 38.3 Å². The van der Waals surface area contributed by atoms with Gasteiger partial charge < -0.3 is 15.0 Å². The number of hydrogen-bond donors (Lipinski definition) is 1. The van der Waals surface area contributed by atoms with Gasteiger partial charge in [0.05, 0.1) is 10.6 Å². The average Bonchev–Trinajstić information content (AvgIpc) is 3.03. The number of rotatable bonds is 4. The standard InChI is InChI=1S/C18H26ClN3O2.ClH/c1-21(2)18(23)16-4-3-14(11-17(16)19)24-15-7-10-22(12-15)13-5-8-20-9-6-13;/h3-4,11,13,15,20H,5-10,12H2,1-2H3;1H/t15-;/m1./s1. The monoisotopic (exact) mass is 387 g/mol. The van der Waals surface area contributed by atoms with E-state index in [2.05, 4.69) is 10.2 Å². The van der Waals surface area contributed by atoms with Gasteiger partial charge in [0.1, 0.15) is 11.9 Å². The minimum absolute atomic E-state index is 0. The summed E-state index contributed by atoms with van der Waals surface area (Å²) in [5.74, 6) is 0.650. The maximum absolute atomic E-state index is 12.0. The summed E-state index contributed by atoms with van der Waals surface area (Å²) in [5, 5.41) is 3.86. The second-order valence-corrected chi connectivity index (χ2v) is 7.25. The maximum atomic E-state index is 12.0. The molecular weight excluding hydrogens is 361 g/mol. The number of amides is 1. The minimum atomic E-state index is -0.0931. The number of likely N-dealkylation sites (tertiary alicyclic amines) is 1. The molecule has 0 aliphatic carbocycles. The van der Waals surface area contributed by atoms with Crippen molar-refractivity contribution in [1.82, 2.24) is 15.1 Å². The molecule has 0 aromatic heterocycles. The van der Waals surface area contributed by atoms with Crippen molar-refractivity contribution in [2.75, 3.05) is 40.3 Å². The summed E-state index contributed by atoms with van der Waals surface area (Å²) in [6.45, 7) is 4.30. The quantitative estimate of drug-likeness (QED) is 0.862. The Bertz CT molecular complexity index is 592. The van der Waals surface area contributed by atoms with Gasteiger partial charge in [-0.05, 0) is 50.6 Å². The van der Waals surface area contributed by atoms with Crippen LogP contribution in [-0.2, 0) is 0 Å². The molecule has 0 unspecified atom stereocenters. The second-order valence-electron chi connectivity index (χ2n) is 6.85. The van der Waals surface area contributed by atoms with Crippen LogP contribution >= 0.6 is 24.0 Å². The van der Waals surface area contributed by atoms with Gasteiger partial charge in [0.25, 0.3) is 5.91 Å². The van der Waals surface area contributed by atoms with E-state index in [4.69, 9.17) is 16.3 Å². The third-order valence-corrected chi connectivity index (χ3v) is 5.19. The van der Waals surface area contributed by atoms with Crippen LogP contribution in [-0.4, -0.2) is 68.1 Å². The number of hydrogen-bond acceptors (Lipinski definition) is 4. The van der Waals surface area contributed by atoms with Gasteiger partial charge in [-0.1, -0.05) is 11.6 Å². The van der Waals surface area contributed by atoms with E-state index in [1.165, 1.54) is 17.7 Å². The first-order valence-corrected chi connectivity index (χ1v) is 9.05. The molecule has 140 valence electrons. The van der Waals surface area contributed by atoms with Crippen LogP contribution in [0.15, 0.2) is 18.2 Å². The number of nitrogens with zero attached hydrogens (tertiary/aromatic N) is 2. The second kappa shape index (κ2) is 9.08. The SMILES string of the molecule is CN(C)C(=O)c1ccc(O[C@@H]2CCN(C3CCNCC3)C2)cc1Cl.Cl. The Balaban J connectivity index is 0.00000225. The number of carbonyl (C=O) groups is 1. The maximum Gasteiger partial charge on any atom is 0.254 e. The number of piperidine rings is 1. The van der Waals surface area contributed by atoms with E-state index in [-0.39, 0.29) is 24.4 Å². The van der Waals surface area contributed by atoms with Crippen molar-refractivity contribution in [3.05, 3.63) is 28.8 Å². The van der Waals surface area contributed by atoms with Crippen molar-refractivity contribution < 1.29 is 9.53 Å².